The Morgan fingerprint density at radius 3 is 2.67 bits per heavy atom. The van der Waals surface area contributed by atoms with E-state index < -0.39 is 0 Å². The topological polar surface area (TPSA) is 57.3 Å². The van der Waals surface area contributed by atoms with Crippen LogP contribution in [0.1, 0.15) is 42.8 Å². The molecule has 1 aliphatic carbocycles. The summed E-state index contributed by atoms with van der Waals surface area (Å²) in [5.41, 5.74) is 1.56. The Balaban J connectivity index is 0.00000131. The number of hydrogen-bond acceptors (Lipinski definition) is 5. The van der Waals surface area contributed by atoms with E-state index >= 15 is 0 Å². The highest BCUT2D eigenvalue weighted by Gasteiger charge is 2.57. The van der Waals surface area contributed by atoms with Crippen LogP contribution in [0.2, 0.25) is 0 Å². The van der Waals surface area contributed by atoms with Gasteiger partial charge in [-0.1, -0.05) is 0 Å². The van der Waals surface area contributed by atoms with Crippen LogP contribution in [0.25, 0.3) is 0 Å². The summed E-state index contributed by atoms with van der Waals surface area (Å²) in [6.45, 7) is 8.32. The van der Waals surface area contributed by atoms with E-state index in [1.54, 1.807) is 11.3 Å². The van der Waals surface area contributed by atoms with E-state index in [9.17, 15) is 4.79 Å². The Morgan fingerprint density at radius 2 is 2.04 bits per heavy atom. The van der Waals surface area contributed by atoms with Crippen LogP contribution in [0.5, 0.6) is 0 Å². The Hall–Kier alpha value is -0.400. The van der Waals surface area contributed by atoms with Crippen LogP contribution in [0.4, 0.5) is 0 Å². The Morgan fingerprint density at radius 1 is 1.33 bits per heavy atom. The average Bonchev–Trinajstić information content (AvgIpc) is 3.15. The summed E-state index contributed by atoms with van der Waals surface area (Å²) in [6.07, 6.45) is 5.84. The van der Waals surface area contributed by atoms with Gasteiger partial charge in [0.25, 0.3) is 0 Å². The molecule has 4 rings (SSSR count). The van der Waals surface area contributed by atoms with Gasteiger partial charge in [0.15, 0.2) is 0 Å². The molecular formula is C19H32Cl2N4OS. The molecule has 8 heteroatoms. The molecule has 2 saturated heterocycles. The van der Waals surface area contributed by atoms with Crippen LogP contribution >= 0.6 is 36.2 Å². The number of amides is 1. The summed E-state index contributed by atoms with van der Waals surface area (Å²) in [6, 6.07) is 0. The van der Waals surface area contributed by atoms with E-state index in [1.165, 1.54) is 31.4 Å². The molecule has 1 aromatic rings. The van der Waals surface area contributed by atoms with E-state index in [4.69, 9.17) is 0 Å². The SMILES string of the molecule is Cc1nc(CN2CCC(CNC(=O)C3CC34CCNCC4)CC2)cs1.Cl.Cl. The van der Waals surface area contributed by atoms with Crippen molar-refractivity contribution in [1.29, 1.82) is 0 Å². The fourth-order valence-corrected chi connectivity index (χ4v) is 5.23. The highest BCUT2D eigenvalue weighted by molar-refractivity contribution is 7.09. The lowest BCUT2D eigenvalue weighted by molar-refractivity contribution is -0.123. The number of rotatable bonds is 5. The molecule has 1 unspecified atom stereocenters. The second-order valence-corrected chi connectivity index (χ2v) is 9.25. The molecule has 154 valence electrons. The fraction of sp³-hybridized carbons (Fsp3) is 0.789. The van der Waals surface area contributed by atoms with Crippen LogP contribution in [0.3, 0.4) is 0 Å². The molecular weight excluding hydrogens is 403 g/mol. The summed E-state index contributed by atoms with van der Waals surface area (Å²) < 4.78 is 0. The van der Waals surface area contributed by atoms with E-state index in [1.807, 2.05) is 0 Å². The first-order valence-corrected chi connectivity index (χ1v) is 10.6. The summed E-state index contributed by atoms with van der Waals surface area (Å²) in [5.74, 6) is 1.25. The van der Waals surface area contributed by atoms with Gasteiger partial charge < -0.3 is 10.6 Å². The van der Waals surface area contributed by atoms with Gasteiger partial charge in [0, 0.05) is 24.4 Å². The van der Waals surface area contributed by atoms with Crippen LogP contribution in [0, 0.1) is 24.2 Å². The number of halogens is 2. The number of piperidine rings is 2. The average molecular weight is 435 g/mol. The zero-order valence-corrected chi connectivity index (χ0v) is 18.5. The van der Waals surface area contributed by atoms with E-state index in [-0.39, 0.29) is 24.8 Å². The minimum absolute atomic E-state index is 0. The molecule has 2 N–H and O–H groups in total. The van der Waals surface area contributed by atoms with Gasteiger partial charge in [-0.05, 0) is 76.5 Å². The van der Waals surface area contributed by atoms with Crippen molar-refractivity contribution in [1.82, 2.24) is 20.5 Å². The minimum Gasteiger partial charge on any atom is -0.356 e. The lowest BCUT2D eigenvalue weighted by Gasteiger charge is -2.31. The molecule has 1 aromatic heterocycles. The minimum atomic E-state index is 0. The lowest BCUT2D eigenvalue weighted by Crippen LogP contribution is -2.39. The van der Waals surface area contributed by atoms with Gasteiger partial charge >= 0.3 is 0 Å². The van der Waals surface area contributed by atoms with Crippen LogP contribution in [-0.4, -0.2) is 48.5 Å². The first-order valence-electron chi connectivity index (χ1n) is 9.76. The smallest absolute Gasteiger partial charge is 0.223 e. The molecule has 0 radical (unpaired) electrons. The van der Waals surface area contributed by atoms with Crippen LogP contribution < -0.4 is 10.6 Å². The Labute approximate surface area is 178 Å². The zero-order valence-electron chi connectivity index (χ0n) is 16.0. The zero-order chi connectivity index (χ0) is 17.3. The monoisotopic (exact) mass is 434 g/mol. The maximum atomic E-state index is 12.5. The number of nitrogens with zero attached hydrogens (tertiary/aromatic N) is 2. The molecule has 2 aliphatic heterocycles. The highest BCUT2D eigenvalue weighted by Crippen LogP contribution is 2.58. The van der Waals surface area contributed by atoms with Gasteiger partial charge in [0.2, 0.25) is 5.91 Å². The van der Waals surface area contributed by atoms with Crippen molar-refractivity contribution in [3.05, 3.63) is 16.1 Å². The van der Waals surface area contributed by atoms with Crippen molar-refractivity contribution in [3.63, 3.8) is 0 Å². The molecule has 3 fully saturated rings. The molecule has 3 heterocycles. The lowest BCUT2D eigenvalue weighted by atomic mass is 9.91. The number of carbonyl (C=O) groups excluding carboxylic acids is 1. The summed E-state index contributed by atoms with van der Waals surface area (Å²) in [7, 11) is 0. The molecule has 0 bridgehead atoms. The maximum Gasteiger partial charge on any atom is 0.223 e. The number of likely N-dealkylation sites (tertiary alicyclic amines) is 1. The Bertz CT molecular complexity index is 613. The summed E-state index contributed by atoms with van der Waals surface area (Å²) in [5, 5.41) is 10.00. The van der Waals surface area contributed by atoms with Crippen molar-refractivity contribution in [2.24, 2.45) is 17.3 Å². The third-order valence-electron chi connectivity index (χ3n) is 6.43. The molecule has 1 atom stereocenters. The summed E-state index contributed by atoms with van der Waals surface area (Å²) >= 11 is 1.73. The van der Waals surface area contributed by atoms with Crippen molar-refractivity contribution < 1.29 is 4.79 Å². The van der Waals surface area contributed by atoms with Gasteiger partial charge in [-0.3, -0.25) is 9.69 Å². The van der Waals surface area contributed by atoms with Crippen molar-refractivity contribution in [2.75, 3.05) is 32.7 Å². The van der Waals surface area contributed by atoms with Crippen LogP contribution in [-0.2, 0) is 11.3 Å². The second kappa shape index (κ2) is 9.88. The van der Waals surface area contributed by atoms with Gasteiger partial charge in [0.1, 0.15) is 0 Å². The van der Waals surface area contributed by atoms with Crippen molar-refractivity contribution >= 4 is 42.1 Å². The number of hydrogen-bond donors (Lipinski definition) is 2. The Kier molecular flexibility index (Phi) is 8.37. The van der Waals surface area contributed by atoms with Crippen LogP contribution in [0.15, 0.2) is 5.38 Å². The number of aryl methyl sites for hydroxylation is 1. The van der Waals surface area contributed by atoms with E-state index in [0.717, 1.165) is 50.7 Å². The summed E-state index contributed by atoms with van der Waals surface area (Å²) in [4.78, 5) is 19.5. The number of nitrogens with one attached hydrogen (secondary N) is 2. The predicted octanol–water partition coefficient (Wildman–Crippen LogP) is 3.01. The first-order chi connectivity index (χ1) is 12.1. The van der Waals surface area contributed by atoms with Gasteiger partial charge in [-0.2, -0.15) is 0 Å². The maximum absolute atomic E-state index is 12.5. The molecule has 5 nitrogen and oxygen atoms in total. The van der Waals surface area contributed by atoms with Gasteiger partial charge in [-0.25, -0.2) is 4.98 Å². The highest BCUT2D eigenvalue weighted by atomic mass is 35.5. The predicted molar refractivity (Wildman–Crippen MR) is 115 cm³/mol. The largest absolute Gasteiger partial charge is 0.356 e. The second-order valence-electron chi connectivity index (χ2n) is 8.19. The fourth-order valence-electron chi connectivity index (χ4n) is 4.62. The number of carbonyl (C=O) groups is 1. The molecule has 1 spiro atoms. The standard InChI is InChI=1S/C19H30N4OS.2ClH/c1-14-22-16(13-25-14)12-23-8-2-15(3-9-23)11-21-18(24)17-10-19(17)4-6-20-7-5-19;;/h13,15,17,20H,2-12H2,1H3,(H,21,24);2*1H. The number of thiazole rings is 1. The third kappa shape index (κ3) is 5.57. The molecule has 1 amide bonds. The molecule has 3 aliphatic rings. The van der Waals surface area contributed by atoms with Crippen molar-refractivity contribution in [3.8, 4) is 0 Å². The molecule has 27 heavy (non-hydrogen) atoms. The molecule has 0 aromatic carbocycles. The molecule has 1 saturated carbocycles. The third-order valence-corrected chi connectivity index (χ3v) is 7.25. The normalized spacial score (nSPS) is 24.7. The quantitative estimate of drug-likeness (QED) is 0.747. The van der Waals surface area contributed by atoms with Gasteiger partial charge in [-0.15, -0.1) is 36.2 Å². The first kappa shape index (κ1) is 22.9. The van der Waals surface area contributed by atoms with E-state index in [0.29, 0.717) is 23.2 Å². The van der Waals surface area contributed by atoms with Crippen molar-refractivity contribution in [2.45, 2.75) is 45.6 Å². The van der Waals surface area contributed by atoms with Gasteiger partial charge in [0.05, 0.1) is 10.7 Å². The van der Waals surface area contributed by atoms with E-state index in [2.05, 4.69) is 32.8 Å². The number of aromatic nitrogens is 1.